The molecule has 47 heavy (non-hydrogen) atoms. The molecule has 6 atom stereocenters. The smallest absolute Gasteiger partial charge is 0.324 e. The minimum Gasteiger partial charge on any atom is -0.491 e. The van der Waals surface area contributed by atoms with Crippen molar-refractivity contribution in [2.75, 3.05) is 25.1 Å². The SMILES string of the molecule is C=CCNC(=O)C1C2C(=O)OC(c3ccccc3)C(c3ccccc3)N2C(c2ccccc2OCCO)C12C(=O)Nc1ccccc12. The Morgan fingerprint density at radius 1 is 0.915 bits per heavy atom. The third kappa shape index (κ3) is 4.81. The number of ether oxygens (including phenoxy) is 2. The van der Waals surface area contributed by atoms with Gasteiger partial charge in [-0.25, -0.2) is 0 Å². The van der Waals surface area contributed by atoms with E-state index in [-0.39, 0.29) is 19.8 Å². The van der Waals surface area contributed by atoms with E-state index in [1.807, 2.05) is 108 Å². The van der Waals surface area contributed by atoms with Gasteiger partial charge < -0.3 is 25.2 Å². The normalized spacial score (nSPS) is 26.2. The molecule has 6 unspecified atom stereocenters. The van der Waals surface area contributed by atoms with Crippen LogP contribution < -0.4 is 15.4 Å². The quantitative estimate of drug-likeness (QED) is 0.183. The van der Waals surface area contributed by atoms with Crippen molar-refractivity contribution >= 4 is 23.5 Å². The molecule has 3 aliphatic rings. The van der Waals surface area contributed by atoms with Crippen molar-refractivity contribution in [2.45, 2.75) is 29.6 Å². The number of hydrogen-bond acceptors (Lipinski definition) is 7. The zero-order valence-electron chi connectivity index (χ0n) is 25.6. The highest BCUT2D eigenvalue weighted by molar-refractivity contribution is 6.12. The Kier molecular flexibility index (Phi) is 8.09. The summed E-state index contributed by atoms with van der Waals surface area (Å²) in [6.07, 6.45) is 0.800. The van der Waals surface area contributed by atoms with E-state index in [9.17, 15) is 19.5 Å². The van der Waals surface area contributed by atoms with Gasteiger partial charge in [-0.1, -0.05) is 103 Å². The molecule has 4 aromatic carbocycles. The van der Waals surface area contributed by atoms with Crippen LogP contribution in [-0.2, 0) is 24.5 Å². The Morgan fingerprint density at radius 3 is 2.30 bits per heavy atom. The molecule has 2 amide bonds. The van der Waals surface area contributed by atoms with Crippen molar-refractivity contribution in [1.29, 1.82) is 0 Å². The zero-order valence-corrected chi connectivity index (χ0v) is 25.6. The number of hydrogen-bond donors (Lipinski definition) is 3. The van der Waals surface area contributed by atoms with Crippen molar-refractivity contribution in [3.05, 3.63) is 144 Å². The summed E-state index contributed by atoms with van der Waals surface area (Å²) in [7, 11) is 0. The minimum atomic E-state index is -1.58. The van der Waals surface area contributed by atoms with Gasteiger partial charge in [0.05, 0.1) is 24.6 Å². The Balaban J connectivity index is 1.57. The number of rotatable bonds is 9. The van der Waals surface area contributed by atoms with E-state index in [2.05, 4.69) is 17.2 Å². The van der Waals surface area contributed by atoms with Crippen LogP contribution >= 0.6 is 0 Å². The summed E-state index contributed by atoms with van der Waals surface area (Å²) < 4.78 is 12.5. The van der Waals surface area contributed by atoms with E-state index in [1.54, 1.807) is 12.1 Å². The van der Waals surface area contributed by atoms with E-state index in [0.717, 1.165) is 11.1 Å². The van der Waals surface area contributed by atoms with E-state index in [1.165, 1.54) is 0 Å². The number of fused-ring (bicyclic) bond motifs is 3. The van der Waals surface area contributed by atoms with Crippen LogP contribution in [0.3, 0.4) is 0 Å². The number of amides is 2. The summed E-state index contributed by atoms with van der Waals surface area (Å²) in [5.74, 6) is -2.22. The number of cyclic esters (lactones) is 1. The average molecular weight is 630 g/mol. The molecule has 0 bridgehead atoms. The number of anilines is 1. The Labute approximate surface area is 272 Å². The van der Waals surface area contributed by atoms with E-state index >= 15 is 0 Å². The second-order valence-electron chi connectivity index (χ2n) is 11.9. The van der Waals surface area contributed by atoms with Gasteiger partial charge in [0.1, 0.15) is 29.9 Å². The minimum absolute atomic E-state index is 0.0169. The topological polar surface area (TPSA) is 117 Å². The Bertz CT molecular complexity index is 1810. The third-order valence-corrected chi connectivity index (χ3v) is 9.48. The molecule has 0 aromatic heterocycles. The molecule has 238 valence electrons. The number of aliphatic hydroxyl groups excluding tert-OH is 1. The molecule has 0 aliphatic carbocycles. The second-order valence-corrected chi connectivity index (χ2v) is 11.9. The molecule has 9 heteroatoms. The Hall–Kier alpha value is -5.25. The number of nitrogens with one attached hydrogen (secondary N) is 2. The van der Waals surface area contributed by atoms with E-state index < -0.39 is 53.3 Å². The lowest BCUT2D eigenvalue weighted by molar-refractivity contribution is -0.178. The van der Waals surface area contributed by atoms with Crippen molar-refractivity contribution in [3.63, 3.8) is 0 Å². The maximum atomic E-state index is 14.8. The fourth-order valence-corrected chi connectivity index (χ4v) is 7.80. The summed E-state index contributed by atoms with van der Waals surface area (Å²) in [5, 5.41) is 15.7. The molecule has 3 N–H and O–H groups in total. The van der Waals surface area contributed by atoms with Crippen LogP contribution in [0, 0.1) is 5.92 Å². The molecule has 0 saturated carbocycles. The van der Waals surface area contributed by atoms with Crippen molar-refractivity contribution in [3.8, 4) is 5.75 Å². The van der Waals surface area contributed by atoms with Crippen LogP contribution in [0.2, 0.25) is 0 Å². The van der Waals surface area contributed by atoms with Gasteiger partial charge in [0.25, 0.3) is 0 Å². The molecule has 3 aliphatic heterocycles. The number of carbonyl (C=O) groups is 3. The van der Waals surface area contributed by atoms with Gasteiger partial charge in [-0.2, -0.15) is 0 Å². The van der Waals surface area contributed by atoms with Crippen LogP contribution in [0.4, 0.5) is 5.69 Å². The molecule has 0 radical (unpaired) electrons. The van der Waals surface area contributed by atoms with Crippen LogP contribution in [0.5, 0.6) is 5.75 Å². The number of aliphatic hydroxyl groups is 1. The van der Waals surface area contributed by atoms with Crippen molar-refractivity contribution in [2.24, 2.45) is 5.92 Å². The largest absolute Gasteiger partial charge is 0.491 e. The van der Waals surface area contributed by atoms with Gasteiger partial charge in [-0.05, 0) is 28.8 Å². The molecule has 3 heterocycles. The molecule has 1 spiro atoms. The number of para-hydroxylation sites is 2. The molecular weight excluding hydrogens is 594 g/mol. The number of carbonyl (C=O) groups excluding carboxylic acids is 3. The first-order valence-corrected chi connectivity index (χ1v) is 15.7. The van der Waals surface area contributed by atoms with Crippen molar-refractivity contribution in [1.82, 2.24) is 10.2 Å². The summed E-state index contributed by atoms with van der Waals surface area (Å²) in [6, 6.07) is 31.2. The van der Waals surface area contributed by atoms with Gasteiger partial charge in [0.15, 0.2) is 0 Å². The molecule has 2 fully saturated rings. The first-order valence-electron chi connectivity index (χ1n) is 15.7. The maximum Gasteiger partial charge on any atom is 0.324 e. The van der Waals surface area contributed by atoms with Crippen LogP contribution in [0.1, 0.15) is 40.4 Å². The predicted octanol–water partition coefficient (Wildman–Crippen LogP) is 4.63. The lowest BCUT2D eigenvalue weighted by Gasteiger charge is -2.46. The standard InChI is InChI=1S/C38H35N3O6/c1-2-21-39-35(43)30-32-36(44)47-33(25-15-7-4-8-16-25)31(24-13-5-3-6-14-24)41(32)34(26-17-9-12-20-29(26)46-23-22-42)38(30)27-18-10-11-19-28(27)40-37(38)45/h2-20,30-34,42H,1,21-23H2,(H,39,43)(H,40,45). The molecule has 2 saturated heterocycles. The summed E-state index contributed by atoms with van der Waals surface area (Å²) in [6.45, 7) is 3.70. The first kappa shape index (κ1) is 30.4. The number of nitrogens with zero attached hydrogens (tertiary/aromatic N) is 1. The predicted molar refractivity (Wildman–Crippen MR) is 175 cm³/mol. The summed E-state index contributed by atoms with van der Waals surface area (Å²) in [5.41, 5.74) is 1.84. The summed E-state index contributed by atoms with van der Waals surface area (Å²) >= 11 is 0. The number of morpholine rings is 1. The van der Waals surface area contributed by atoms with Gasteiger partial charge in [-0.15, -0.1) is 6.58 Å². The van der Waals surface area contributed by atoms with Gasteiger partial charge in [0, 0.05) is 17.8 Å². The molecular formula is C38H35N3O6. The first-order chi connectivity index (χ1) is 23.0. The van der Waals surface area contributed by atoms with Gasteiger partial charge >= 0.3 is 5.97 Å². The lowest BCUT2D eigenvalue weighted by atomic mass is 9.65. The van der Waals surface area contributed by atoms with Crippen LogP contribution in [0.25, 0.3) is 0 Å². The fraction of sp³-hybridized carbons (Fsp3) is 0.237. The van der Waals surface area contributed by atoms with Gasteiger partial charge in [0.2, 0.25) is 11.8 Å². The number of esters is 1. The highest BCUT2D eigenvalue weighted by Crippen LogP contribution is 2.65. The highest BCUT2D eigenvalue weighted by atomic mass is 16.6. The van der Waals surface area contributed by atoms with Crippen LogP contribution in [-0.4, -0.2) is 53.6 Å². The molecule has 9 nitrogen and oxygen atoms in total. The maximum absolute atomic E-state index is 14.8. The number of benzene rings is 4. The Morgan fingerprint density at radius 2 is 1.57 bits per heavy atom. The van der Waals surface area contributed by atoms with E-state index in [4.69, 9.17) is 9.47 Å². The third-order valence-electron chi connectivity index (χ3n) is 9.48. The van der Waals surface area contributed by atoms with E-state index in [0.29, 0.717) is 22.6 Å². The molecule has 4 aromatic rings. The lowest BCUT2D eigenvalue weighted by Crippen LogP contribution is -2.54. The fourth-order valence-electron chi connectivity index (χ4n) is 7.80. The second kappa shape index (κ2) is 12.5. The van der Waals surface area contributed by atoms with Crippen LogP contribution in [0.15, 0.2) is 122 Å². The summed E-state index contributed by atoms with van der Waals surface area (Å²) in [4.78, 5) is 45.9. The highest BCUT2D eigenvalue weighted by Gasteiger charge is 2.74. The van der Waals surface area contributed by atoms with Crippen molar-refractivity contribution < 1.29 is 29.0 Å². The van der Waals surface area contributed by atoms with Gasteiger partial charge in [-0.3, -0.25) is 19.3 Å². The monoisotopic (exact) mass is 629 g/mol. The molecule has 7 rings (SSSR count). The zero-order chi connectivity index (χ0) is 32.5. The average Bonchev–Trinajstić information content (AvgIpc) is 3.59.